The Morgan fingerprint density at radius 3 is 2.00 bits per heavy atom. The lowest BCUT2D eigenvalue weighted by molar-refractivity contribution is -0.182. The van der Waals surface area contributed by atoms with E-state index < -0.39 is 12.1 Å². The molecule has 0 aromatic rings. The van der Waals surface area contributed by atoms with Crippen molar-refractivity contribution in [2.75, 3.05) is 0 Å². The van der Waals surface area contributed by atoms with Crippen LogP contribution in [0.15, 0.2) is 0 Å². The van der Waals surface area contributed by atoms with E-state index >= 15 is 0 Å². The topological polar surface area (TPSA) is 12.0 Å². The molecule has 0 amide bonds. The maximum absolute atomic E-state index is 12.6. The van der Waals surface area contributed by atoms with Crippen LogP contribution in [0.1, 0.15) is 58.3 Å². The molecule has 1 nitrogen and oxygen atoms in total. The smallest absolute Gasteiger partial charge is 0.311 e. The van der Waals surface area contributed by atoms with Crippen LogP contribution in [0, 0.1) is 11.8 Å². The molecule has 2 fully saturated rings. The molecule has 0 radical (unpaired) electrons. The first-order chi connectivity index (χ1) is 8.47. The summed E-state index contributed by atoms with van der Waals surface area (Å²) in [5.74, 6) is -0.317. The van der Waals surface area contributed by atoms with E-state index in [4.69, 9.17) is 0 Å². The zero-order valence-corrected chi connectivity index (χ0v) is 11.1. The van der Waals surface area contributed by atoms with Gasteiger partial charge in [-0.25, -0.2) is 0 Å². The van der Waals surface area contributed by atoms with Gasteiger partial charge in [0.15, 0.2) is 0 Å². The van der Waals surface area contributed by atoms with Gasteiger partial charge in [-0.2, -0.15) is 13.2 Å². The van der Waals surface area contributed by atoms with Crippen molar-refractivity contribution in [3.8, 4) is 0 Å². The molecule has 2 aliphatic carbocycles. The molecule has 0 saturated heterocycles. The second-order valence-corrected chi connectivity index (χ2v) is 6.09. The van der Waals surface area contributed by atoms with Gasteiger partial charge in [0.1, 0.15) is 0 Å². The third-order valence-corrected chi connectivity index (χ3v) is 4.80. The van der Waals surface area contributed by atoms with Gasteiger partial charge in [-0.05, 0) is 51.4 Å². The Hall–Kier alpha value is -0.250. The van der Waals surface area contributed by atoms with E-state index in [1.807, 2.05) is 0 Å². The molecule has 0 aliphatic heterocycles. The van der Waals surface area contributed by atoms with Crippen molar-refractivity contribution >= 4 is 0 Å². The average molecular weight is 263 g/mol. The zero-order chi connectivity index (χ0) is 13.2. The van der Waals surface area contributed by atoms with Crippen LogP contribution in [-0.2, 0) is 0 Å². The second-order valence-electron chi connectivity index (χ2n) is 6.09. The van der Waals surface area contributed by atoms with Crippen molar-refractivity contribution in [3.05, 3.63) is 0 Å². The number of alkyl halides is 3. The second kappa shape index (κ2) is 5.81. The van der Waals surface area contributed by atoms with Crippen molar-refractivity contribution in [2.24, 2.45) is 11.8 Å². The molecule has 0 bridgehead atoms. The van der Waals surface area contributed by atoms with Crippen molar-refractivity contribution < 1.29 is 13.2 Å². The van der Waals surface area contributed by atoms with Crippen molar-refractivity contribution in [2.45, 2.75) is 76.6 Å². The molecule has 0 aromatic carbocycles. The van der Waals surface area contributed by atoms with Crippen LogP contribution in [0.2, 0.25) is 0 Å². The van der Waals surface area contributed by atoms with Crippen LogP contribution in [0.4, 0.5) is 13.2 Å². The minimum atomic E-state index is -3.98. The molecular weight excluding hydrogens is 239 g/mol. The summed E-state index contributed by atoms with van der Waals surface area (Å²) in [5, 5.41) is 3.57. The third-order valence-electron chi connectivity index (χ3n) is 4.80. The molecule has 18 heavy (non-hydrogen) atoms. The molecule has 1 N–H and O–H groups in total. The third kappa shape index (κ3) is 3.62. The predicted octanol–water partition coefficient (Wildman–Crippen LogP) is 4.28. The Balaban J connectivity index is 1.73. The number of hydrogen-bond acceptors (Lipinski definition) is 1. The van der Waals surface area contributed by atoms with Gasteiger partial charge in [0.05, 0.1) is 5.92 Å². The molecule has 0 aromatic heterocycles. The van der Waals surface area contributed by atoms with Gasteiger partial charge in [0.2, 0.25) is 0 Å². The summed E-state index contributed by atoms with van der Waals surface area (Å²) in [6.07, 6.45) is 3.19. The normalized spacial score (nSPS) is 32.7. The minimum Gasteiger partial charge on any atom is -0.311 e. The summed E-state index contributed by atoms with van der Waals surface area (Å²) >= 11 is 0. The first-order valence-electron chi connectivity index (χ1n) is 7.29. The first kappa shape index (κ1) is 14.2. The molecule has 4 heteroatoms. The maximum atomic E-state index is 12.6. The van der Waals surface area contributed by atoms with Gasteiger partial charge >= 0.3 is 6.18 Å². The number of halogens is 3. The summed E-state index contributed by atoms with van der Waals surface area (Å²) in [5.41, 5.74) is 0. The SMILES string of the molecule is CC(NC1CCC(C(F)(F)F)CC1)C1CCCC1. The lowest BCUT2D eigenvalue weighted by atomic mass is 9.85. The molecule has 0 heterocycles. The van der Waals surface area contributed by atoms with E-state index in [-0.39, 0.29) is 0 Å². The van der Waals surface area contributed by atoms with Crippen LogP contribution in [0.3, 0.4) is 0 Å². The standard InChI is InChI=1S/C14H24F3N/c1-10(11-4-2-3-5-11)18-13-8-6-12(7-9-13)14(15,16)17/h10-13,18H,2-9H2,1H3. The molecule has 2 rings (SSSR count). The van der Waals surface area contributed by atoms with Crippen molar-refractivity contribution in [3.63, 3.8) is 0 Å². The monoisotopic (exact) mass is 263 g/mol. The van der Waals surface area contributed by atoms with Gasteiger partial charge in [-0.15, -0.1) is 0 Å². The van der Waals surface area contributed by atoms with Crippen molar-refractivity contribution in [1.29, 1.82) is 0 Å². The molecule has 1 unspecified atom stereocenters. The zero-order valence-electron chi connectivity index (χ0n) is 11.1. The van der Waals surface area contributed by atoms with Crippen LogP contribution in [-0.4, -0.2) is 18.3 Å². The molecular formula is C14H24F3N. The Morgan fingerprint density at radius 2 is 1.50 bits per heavy atom. The van der Waals surface area contributed by atoms with Gasteiger partial charge < -0.3 is 5.32 Å². The summed E-state index contributed by atoms with van der Waals surface area (Å²) in [6.45, 7) is 2.20. The molecule has 106 valence electrons. The summed E-state index contributed by atoms with van der Waals surface area (Å²) in [4.78, 5) is 0. The fourth-order valence-corrected chi connectivity index (χ4v) is 3.55. The fraction of sp³-hybridized carbons (Fsp3) is 1.00. The van der Waals surface area contributed by atoms with Crippen LogP contribution >= 0.6 is 0 Å². The Bertz CT molecular complexity index is 250. The lowest BCUT2D eigenvalue weighted by Gasteiger charge is -2.33. The van der Waals surface area contributed by atoms with Crippen LogP contribution < -0.4 is 5.32 Å². The molecule has 2 saturated carbocycles. The van der Waals surface area contributed by atoms with Gasteiger partial charge in [0.25, 0.3) is 0 Å². The van der Waals surface area contributed by atoms with E-state index in [1.165, 1.54) is 25.7 Å². The van der Waals surface area contributed by atoms with Crippen LogP contribution in [0.25, 0.3) is 0 Å². The Kier molecular flexibility index (Phi) is 4.57. The summed E-state index contributed by atoms with van der Waals surface area (Å²) < 4.78 is 37.7. The average Bonchev–Trinajstić information content (AvgIpc) is 2.82. The predicted molar refractivity (Wildman–Crippen MR) is 66.4 cm³/mol. The van der Waals surface area contributed by atoms with E-state index in [2.05, 4.69) is 12.2 Å². The molecule has 0 spiro atoms. The number of hydrogen-bond donors (Lipinski definition) is 1. The highest BCUT2D eigenvalue weighted by Gasteiger charge is 2.41. The highest BCUT2D eigenvalue weighted by Crippen LogP contribution is 2.38. The highest BCUT2D eigenvalue weighted by molar-refractivity contribution is 4.85. The molecule has 2 aliphatic rings. The Labute approximate surface area is 108 Å². The quantitative estimate of drug-likeness (QED) is 0.801. The van der Waals surface area contributed by atoms with Gasteiger partial charge in [0, 0.05) is 12.1 Å². The van der Waals surface area contributed by atoms with E-state index in [9.17, 15) is 13.2 Å². The van der Waals surface area contributed by atoms with Crippen LogP contribution in [0.5, 0.6) is 0 Å². The first-order valence-corrected chi connectivity index (χ1v) is 7.29. The van der Waals surface area contributed by atoms with Gasteiger partial charge in [-0.1, -0.05) is 12.8 Å². The number of nitrogens with one attached hydrogen (secondary N) is 1. The van der Waals surface area contributed by atoms with E-state index in [0.29, 0.717) is 37.8 Å². The molecule has 1 atom stereocenters. The van der Waals surface area contributed by atoms with E-state index in [0.717, 1.165) is 5.92 Å². The van der Waals surface area contributed by atoms with E-state index in [1.54, 1.807) is 0 Å². The summed E-state index contributed by atoms with van der Waals surface area (Å²) in [6, 6.07) is 0.777. The minimum absolute atomic E-state index is 0.304. The number of rotatable bonds is 3. The Morgan fingerprint density at radius 1 is 0.944 bits per heavy atom. The van der Waals surface area contributed by atoms with Gasteiger partial charge in [-0.3, -0.25) is 0 Å². The maximum Gasteiger partial charge on any atom is 0.391 e. The lowest BCUT2D eigenvalue weighted by Crippen LogP contribution is -2.43. The van der Waals surface area contributed by atoms with Crippen molar-refractivity contribution in [1.82, 2.24) is 5.32 Å². The largest absolute Gasteiger partial charge is 0.391 e. The fourth-order valence-electron chi connectivity index (χ4n) is 3.55. The summed E-state index contributed by atoms with van der Waals surface area (Å²) in [7, 11) is 0. The highest BCUT2D eigenvalue weighted by atomic mass is 19.4.